The molecular weight excluding hydrogens is 288 g/mol. The van der Waals surface area contributed by atoms with E-state index in [0.29, 0.717) is 12.2 Å². The first kappa shape index (κ1) is 16.3. The molecule has 2 rings (SSSR count). The Kier molecular flexibility index (Phi) is 4.91. The van der Waals surface area contributed by atoms with Crippen LogP contribution in [-0.2, 0) is 10.0 Å². The quantitative estimate of drug-likeness (QED) is 0.751. The molecule has 0 saturated heterocycles. The van der Waals surface area contributed by atoms with Crippen molar-refractivity contribution in [1.82, 2.24) is 4.72 Å². The van der Waals surface area contributed by atoms with Gasteiger partial charge in [0, 0.05) is 12.6 Å². The van der Waals surface area contributed by atoms with Crippen molar-refractivity contribution in [3.63, 3.8) is 0 Å². The molecule has 5 nitrogen and oxygen atoms in total. The van der Waals surface area contributed by atoms with Crippen LogP contribution in [0.15, 0.2) is 29.2 Å². The van der Waals surface area contributed by atoms with Gasteiger partial charge in [0.2, 0.25) is 10.0 Å². The van der Waals surface area contributed by atoms with Crippen LogP contribution in [0.2, 0.25) is 0 Å². The molecule has 0 spiro atoms. The smallest absolute Gasteiger partial charge is 0.242 e. The molecule has 0 heterocycles. The summed E-state index contributed by atoms with van der Waals surface area (Å²) in [5.74, 6) is 0. The van der Waals surface area contributed by atoms with Crippen LogP contribution in [0, 0.1) is 0 Å². The predicted octanol–water partition coefficient (Wildman–Crippen LogP) is 2.09. The zero-order valence-corrected chi connectivity index (χ0v) is 13.4. The average Bonchev–Trinajstić information content (AvgIpc) is 2.83. The summed E-state index contributed by atoms with van der Waals surface area (Å²) in [5, 5.41) is 13.5. The van der Waals surface area contributed by atoms with E-state index in [1.165, 1.54) is 0 Å². The standard InChI is InChI=1S/C15H24N2O3S/c1-12(2)17-21(19,20)14-8-4-3-7-13(14)16-11-15(18)9-5-6-10-15/h3-4,7-8,12,16-18H,5-6,9-11H2,1-2H3. The maximum Gasteiger partial charge on any atom is 0.242 e. The van der Waals surface area contributed by atoms with E-state index in [4.69, 9.17) is 0 Å². The maximum atomic E-state index is 12.3. The van der Waals surface area contributed by atoms with Crippen LogP contribution in [-0.4, -0.2) is 31.7 Å². The van der Waals surface area contributed by atoms with Gasteiger partial charge in [0.25, 0.3) is 0 Å². The van der Waals surface area contributed by atoms with Gasteiger partial charge in [-0.25, -0.2) is 13.1 Å². The summed E-state index contributed by atoms with van der Waals surface area (Å²) in [6.07, 6.45) is 3.57. The first-order valence-electron chi connectivity index (χ1n) is 7.40. The lowest BCUT2D eigenvalue weighted by Crippen LogP contribution is -2.35. The molecule has 1 fully saturated rings. The molecule has 0 aliphatic heterocycles. The zero-order chi connectivity index (χ0) is 15.5. The van der Waals surface area contributed by atoms with E-state index in [1.807, 2.05) is 0 Å². The molecule has 1 aromatic rings. The van der Waals surface area contributed by atoms with Gasteiger partial charge in [-0.15, -0.1) is 0 Å². The first-order valence-corrected chi connectivity index (χ1v) is 8.88. The number of aliphatic hydroxyl groups is 1. The van der Waals surface area contributed by atoms with Crippen molar-refractivity contribution in [1.29, 1.82) is 0 Å². The minimum Gasteiger partial charge on any atom is -0.388 e. The second-order valence-corrected chi connectivity index (χ2v) is 7.74. The molecule has 0 amide bonds. The van der Waals surface area contributed by atoms with Crippen LogP contribution in [0.1, 0.15) is 39.5 Å². The molecule has 21 heavy (non-hydrogen) atoms. The first-order chi connectivity index (χ1) is 9.82. The van der Waals surface area contributed by atoms with Gasteiger partial charge in [0.1, 0.15) is 4.90 Å². The Balaban J connectivity index is 2.17. The van der Waals surface area contributed by atoms with E-state index in [-0.39, 0.29) is 10.9 Å². The third kappa shape index (κ3) is 4.18. The van der Waals surface area contributed by atoms with Gasteiger partial charge in [0.05, 0.1) is 11.3 Å². The molecule has 0 bridgehead atoms. The highest BCUT2D eigenvalue weighted by molar-refractivity contribution is 7.89. The summed E-state index contributed by atoms with van der Waals surface area (Å²) in [4.78, 5) is 0.222. The Bertz CT molecular complexity index is 578. The number of benzene rings is 1. The van der Waals surface area contributed by atoms with Crippen LogP contribution < -0.4 is 10.0 Å². The second kappa shape index (κ2) is 6.34. The summed E-state index contributed by atoms with van der Waals surface area (Å²) in [6, 6.07) is 6.63. The van der Waals surface area contributed by atoms with Gasteiger partial charge in [-0.1, -0.05) is 25.0 Å². The van der Waals surface area contributed by atoms with Crippen LogP contribution in [0.3, 0.4) is 0 Å². The zero-order valence-electron chi connectivity index (χ0n) is 12.6. The lowest BCUT2D eigenvalue weighted by atomic mass is 10.0. The molecular formula is C15H24N2O3S. The van der Waals surface area contributed by atoms with Crippen LogP contribution in [0.25, 0.3) is 0 Å². The third-order valence-corrected chi connectivity index (χ3v) is 5.43. The van der Waals surface area contributed by atoms with Gasteiger partial charge in [-0.2, -0.15) is 0 Å². The van der Waals surface area contributed by atoms with Crippen molar-refractivity contribution in [2.24, 2.45) is 0 Å². The molecule has 1 saturated carbocycles. The Morgan fingerprint density at radius 1 is 1.24 bits per heavy atom. The Morgan fingerprint density at radius 2 is 1.86 bits per heavy atom. The summed E-state index contributed by atoms with van der Waals surface area (Å²) in [7, 11) is -3.55. The second-order valence-electron chi connectivity index (χ2n) is 6.06. The summed E-state index contributed by atoms with van der Waals surface area (Å²) >= 11 is 0. The topological polar surface area (TPSA) is 78.4 Å². The molecule has 0 aromatic heterocycles. The Labute approximate surface area is 126 Å². The lowest BCUT2D eigenvalue weighted by molar-refractivity contribution is 0.0614. The number of hydrogen-bond acceptors (Lipinski definition) is 4. The fourth-order valence-electron chi connectivity index (χ4n) is 2.69. The molecule has 118 valence electrons. The summed E-state index contributed by atoms with van der Waals surface area (Å²) in [5.41, 5.74) is -0.187. The maximum absolute atomic E-state index is 12.3. The molecule has 1 aliphatic rings. The summed E-state index contributed by atoms with van der Waals surface area (Å²) in [6.45, 7) is 3.95. The van der Waals surface area contributed by atoms with Crippen LogP contribution in [0.4, 0.5) is 5.69 Å². The SMILES string of the molecule is CC(C)NS(=O)(=O)c1ccccc1NCC1(O)CCCC1. The average molecular weight is 312 g/mol. The van der Waals surface area contributed by atoms with E-state index in [1.54, 1.807) is 38.1 Å². The fourth-order valence-corrected chi connectivity index (χ4v) is 4.13. The Morgan fingerprint density at radius 3 is 2.48 bits per heavy atom. The summed E-state index contributed by atoms with van der Waals surface area (Å²) < 4.78 is 27.2. The van der Waals surface area contributed by atoms with Crippen molar-refractivity contribution in [2.45, 2.75) is 56.1 Å². The number of rotatable bonds is 6. The highest BCUT2D eigenvalue weighted by Gasteiger charge is 2.31. The van der Waals surface area contributed by atoms with E-state index in [9.17, 15) is 13.5 Å². The largest absolute Gasteiger partial charge is 0.388 e. The number of anilines is 1. The van der Waals surface area contributed by atoms with Gasteiger partial charge in [0.15, 0.2) is 0 Å². The van der Waals surface area contributed by atoms with Gasteiger partial charge >= 0.3 is 0 Å². The number of hydrogen-bond donors (Lipinski definition) is 3. The molecule has 0 unspecified atom stereocenters. The van der Waals surface area contributed by atoms with E-state index >= 15 is 0 Å². The fraction of sp³-hybridized carbons (Fsp3) is 0.600. The molecule has 3 N–H and O–H groups in total. The minimum atomic E-state index is -3.55. The van der Waals surface area contributed by atoms with Gasteiger partial charge in [-0.05, 0) is 38.8 Å². The van der Waals surface area contributed by atoms with Gasteiger partial charge < -0.3 is 10.4 Å². The number of sulfonamides is 1. The van der Waals surface area contributed by atoms with Crippen molar-refractivity contribution in [3.05, 3.63) is 24.3 Å². The highest BCUT2D eigenvalue weighted by Crippen LogP contribution is 2.30. The molecule has 1 aromatic carbocycles. The minimum absolute atomic E-state index is 0.165. The normalized spacial score (nSPS) is 18.1. The van der Waals surface area contributed by atoms with Crippen LogP contribution in [0.5, 0.6) is 0 Å². The molecule has 0 atom stereocenters. The number of para-hydroxylation sites is 1. The van der Waals surface area contributed by atoms with Crippen molar-refractivity contribution >= 4 is 15.7 Å². The molecule has 6 heteroatoms. The lowest BCUT2D eigenvalue weighted by Gasteiger charge is -2.24. The van der Waals surface area contributed by atoms with Crippen molar-refractivity contribution in [3.8, 4) is 0 Å². The predicted molar refractivity (Wildman–Crippen MR) is 83.8 cm³/mol. The van der Waals surface area contributed by atoms with Crippen molar-refractivity contribution in [2.75, 3.05) is 11.9 Å². The van der Waals surface area contributed by atoms with E-state index in [0.717, 1.165) is 25.7 Å². The van der Waals surface area contributed by atoms with Crippen molar-refractivity contribution < 1.29 is 13.5 Å². The third-order valence-electron chi connectivity index (χ3n) is 3.71. The number of nitrogens with one attached hydrogen (secondary N) is 2. The monoisotopic (exact) mass is 312 g/mol. The Hall–Kier alpha value is -1.11. The van der Waals surface area contributed by atoms with E-state index in [2.05, 4.69) is 10.0 Å². The van der Waals surface area contributed by atoms with E-state index < -0.39 is 15.6 Å². The molecule has 0 radical (unpaired) electrons. The van der Waals surface area contributed by atoms with Gasteiger partial charge in [-0.3, -0.25) is 0 Å². The highest BCUT2D eigenvalue weighted by atomic mass is 32.2. The molecule has 1 aliphatic carbocycles. The van der Waals surface area contributed by atoms with Crippen LogP contribution >= 0.6 is 0 Å².